The minimum atomic E-state index is -0.311. The molecular formula is C20H25FN4O. The summed E-state index contributed by atoms with van der Waals surface area (Å²) < 4.78 is 16.2. The number of aryl methyl sites for hydroxylation is 1. The average molecular weight is 356 g/mol. The van der Waals surface area contributed by atoms with Gasteiger partial charge in [-0.25, -0.2) is 9.37 Å². The van der Waals surface area contributed by atoms with Crippen LogP contribution in [0.2, 0.25) is 0 Å². The summed E-state index contributed by atoms with van der Waals surface area (Å²) in [7, 11) is 0. The van der Waals surface area contributed by atoms with Crippen LogP contribution >= 0.6 is 0 Å². The predicted octanol–water partition coefficient (Wildman–Crippen LogP) is 2.72. The summed E-state index contributed by atoms with van der Waals surface area (Å²) in [5, 5.41) is 6.45. The van der Waals surface area contributed by atoms with Crippen LogP contribution in [0.1, 0.15) is 37.1 Å². The van der Waals surface area contributed by atoms with E-state index in [4.69, 9.17) is 0 Å². The summed E-state index contributed by atoms with van der Waals surface area (Å²) in [6, 6.07) is 5.10. The van der Waals surface area contributed by atoms with Crippen LogP contribution in [0.5, 0.6) is 0 Å². The van der Waals surface area contributed by atoms with Crippen LogP contribution in [-0.4, -0.2) is 28.5 Å². The molecule has 1 saturated carbocycles. The Bertz CT molecular complexity index is 818. The van der Waals surface area contributed by atoms with Crippen molar-refractivity contribution in [3.8, 4) is 5.69 Å². The Morgan fingerprint density at radius 1 is 1.46 bits per heavy atom. The molecule has 4 rings (SSSR count). The second-order valence-electron chi connectivity index (χ2n) is 7.54. The third-order valence-electron chi connectivity index (χ3n) is 6.04. The Kier molecular flexibility index (Phi) is 4.53. The standard InChI is InChI=1S/C20H25FN4O/c1-14-23-8-9-25(14)18-6-5-15(10-17(18)21)11-24-19(26)20-7-3-2-4-16(20)12-22-13-20/h5-6,8-10,16,22H,2-4,7,11-13H2,1H3,(H,24,26)/t16-,20+/m0/s1. The second-order valence-corrected chi connectivity index (χ2v) is 7.54. The lowest BCUT2D eigenvalue weighted by Crippen LogP contribution is -2.47. The van der Waals surface area contributed by atoms with Gasteiger partial charge in [0.15, 0.2) is 0 Å². The molecule has 138 valence electrons. The van der Waals surface area contributed by atoms with Gasteiger partial charge in [-0.15, -0.1) is 0 Å². The highest BCUT2D eigenvalue weighted by Gasteiger charge is 2.49. The number of halogens is 1. The number of imidazole rings is 1. The van der Waals surface area contributed by atoms with E-state index in [1.165, 1.54) is 12.5 Å². The van der Waals surface area contributed by atoms with Gasteiger partial charge in [0.2, 0.25) is 5.91 Å². The molecule has 1 aliphatic carbocycles. The third kappa shape index (κ3) is 2.92. The Balaban J connectivity index is 1.46. The van der Waals surface area contributed by atoms with Crippen LogP contribution in [0, 0.1) is 24.1 Å². The highest BCUT2D eigenvalue weighted by atomic mass is 19.1. The molecule has 0 unspecified atom stereocenters. The molecule has 2 aliphatic rings. The van der Waals surface area contributed by atoms with Crippen LogP contribution in [0.15, 0.2) is 30.6 Å². The number of fused-ring (bicyclic) bond motifs is 1. The first-order valence-electron chi connectivity index (χ1n) is 9.38. The maximum Gasteiger partial charge on any atom is 0.228 e. The van der Waals surface area contributed by atoms with Gasteiger partial charge >= 0.3 is 0 Å². The quantitative estimate of drug-likeness (QED) is 0.886. The number of hydrogen-bond acceptors (Lipinski definition) is 3. The minimum absolute atomic E-state index is 0.113. The van der Waals surface area contributed by atoms with Crippen molar-refractivity contribution in [3.63, 3.8) is 0 Å². The maximum absolute atomic E-state index is 14.5. The molecule has 6 heteroatoms. The van der Waals surface area contributed by atoms with Crippen molar-refractivity contribution in [1.82, 2.24) is 20.2 Å². The molecule has 26 heavy (non-hydrogen) atoms. The molecule has 2 heterocycles. The van der Waals surface area contributed by atoms with Gasteiger partial charge in [-0.1, -0.05) is 18.9 Å². The molecule has 1 aromatic carbocycles. The van der Waals surface area contributed by atoms with Gasteiger partial charge in [-0.2, -0.15) is 0 Å². The van der Waals surface area contributed by atoms with E-state index in [0.29, 0.717) is 18.2 Å². The highest BCUT2D eigenvalue weighted by Crippen LogP contribution is 2.43. The third-order valence-corrected chi connectivity index (χ3v) is 6.04. The summed E-state index contributed by atoms with van der Waals surface area (Å²) in [6.07, 6.45) is 7.78. The number of carbonyl (C=O) groups is 1. The van der Waals surface area contributed by atoms with Gasteiger partial charge in [-0.3, -0.25) is 4.79 Å². The second kappa shape index (κ2) is 6.83. The maximum atomic E-state index is 14.5. The summed E-state index contributed by atoms with van der Waals surface area (Å²) in [4.78, 5) is 17.0. The first-order valence-corrected chi connectivity index (χ1v) is 9.38. The smallest absolute Gasteiger partial charge is 0.228 e. The van der Waals surface area contributed by atoms with Gasteiger partial charge < -0.3 is 15.2 Å². The molecule has 2 aromatic rings. The lowest BCUT2D eigenvalue weighted by molar-refractivity contribution is -0.134. The molecule has 1 amide bonds. The molecule has 2 N–H and O–H groups in total. The minimum Gasteiger partial charge on any atom is -0.351 e. The van der Waals surface area contributed by atoms with Gasteiger partial charge in [0, 0.05) is 25.5 Å². The van der Waals surface area contributed by atoms with Gasteiger partial charge in [0.25, 0.3) is 0 Å². The molecule has 5 nitrogen and oxygen atoms in total. The van der Waals surface area contributed by atoms with Crippen molar-refractivity contribution in [2.45, 2.75) is 39.2 Å². The van der Waals surface area contributed by atoms with Crippen LogP contribution in [0.25, 0.3) is 5.69 Å². The summed E-state index contributed by atoms with van der Waals surface area (Å²) >= 11 is 0. The zero-order valence-corrected chi connectivity index (χ0v) is 15.1. The first-order chi connectivity index (χ1) is 12.6. The summed E-state index contributed by atoms with van der Waals surface area (Å²) in [5.74, 6) is 0.969. The predicted molar refractivity (Wildman–Crippen MR) is 97.4 cm³/mol. The number of nitrogens with zero attached hydrogens (tertiary/aromatic N) is 2. The molecule has 2 fully saturated rings. The fraction of sp³-hybridized carbons (Fsp3) is 0.500. The Hall–Kier alpha value is -2.21. The van der Waals surface area contributed by atoms with Crippen molar-refractivity contribution >= 4 is 5.91 Å². The van der Waals surface area contributed by atoms with E-state index in [0.717, 1.165) is 43.7 Å². The molecule has 1 aromatic heterocycles. The number of nitrogens with one attached hydrogen (secondary N) is 2. The van der Waals surface area contributed by atoms with E-state index in [2.05, 4.69) is 15.6 Å². The van der Waals surface area contributed by atoms with Crippen molar-refractivity contribution in [1.29, 1.82) is 0 Å². The molecule has 1 saturated heterocycles. The van der Waals surface area contributed by atoms with Crippen LogP contribution < -0.4 is 10.6 Å². The first kappa shape index (κ1) is 17.2. The average Bonchev–Trinajstić information content (AvgIpc) is 3.26. The molecule has 0 radical (unpaired) electrons. The monoisotopic (exact) mass is 356 g/mol. The lowest BCUT2D eigenvalue weighted by atomic mass is 9.67. The van der Waals surface area contributed by atoms with E-state index in [1.54, 1.807) is 23.0 Å². The van der Waals surface area contributed by atoms with E-state index < -0.39 is 0 Å². The Morgan fingerprint density at radius 2 is 2.35 bits per heavy atom. The van der Waals surface area contributed by atoms with Crippen molar-refractivity contribution in [2.75, 3.05) is 13.1 Å². The zero-order valence-electron chi connectivity index (χ0n) is 15.1. The van der Waals surface area contributed by atoms with Crippen LogP contribution in [0.4, 0.5) is 4.39 Å². The van der Waals surface area contributed by atoms with Crippen LogP contribution in [-0.2, 0) is 11.3 Å². The normalized spacial score (nSPS) is 25.1. The Labute approximate surface area is 153 Å². The fourth-order valence-electron chi connectivity index (χ4n) is 4.54. The number of benzene rings is 1. The number of rotatable bonds is 4. The lowest BCUT2D eigenvalue weighted by Gasteiger charge is -2.37. The van der Waals surface area contributed by atoms with E-state index in [1.807, 2.05) is 13.0 Å². The molecular weight excluding hydrogens is 331 g/mol. The fourth-order valence-corrected chi connectivity index (χ4v) is 4.54. The van der Waals surface area contributed by atoms with E-state index >= 15 is 0 Å². The van der Waals surface area contributed by atoms with Crippen molar-refractivity contribution < 1.29 is 9.18 Å². The molecule has 1 aliphatic heterocycles. The van der Waals surface area contributed by atoms with E-state index in [9.17, 15) is 9.18 Å². The van der Waals surface area contributed by atoms with E-state index in [-0.39, 0.29) is 17.1 Å². The van der Waals surface area contributed by atoms with Gasteiger partial charge in [0.1, 0.15) is 11.6 Å². The Morgan fingerprint density at radius 3 is 3.12 bits per heavy atom. The van der Waals surface area contributed by atoms with Crippen molar-refractivity contribution in [3.05, 3.63) is 47.8 Å². The molecule has 0 bridgehead atoms. The number of carbonyl (C=O) groups excluding carboxylic acids is 1. The largest absolute Gasteiger partial charge is 0.351 e. The SMILES string of the molecule is Cc1nccn1-c1ccc(CNC(=O)[C@@]23CCCC[C@H]2CNC3)cc1F. The van der Waals surface area contributed by atoms with Crippen LogP contribution in [0.3, 0.4) is 0 Å². The summed E-state index contributed by atoms with van der Waals surface area (Å²) in [5.41, 5.74) is 0.970. The highest BCUT2D eigenvalue weighted by molar-refractivity contribution is 5.83. The topological polar surface area (TPSA) is 59.0 Å². The molecule has 0 spiro atoms. The molecule has 2 atom stereocenters. The zero-order chi connectivity index (χ0) is 18.1. The van der Waals surface area contributed by atoms with Gasteiger partial charge in [-0.05, 0) is 49.9 Å². The van der Waals surface area contributed by atoms with Crippen molar-refractivity contribution in [2.24, 2.45) is 11.3 Å². The summed E-state index contributed by atoms with van der Waals surface area (Å²) in [6.45, 7) is 3.88. The van der Waals surface area contributed by atoms with Gasteiger partial charge in [0.05, 0.1) is 11.1 Å². The number of amides is 1. The number of hydrogen-bond donors (Lipinski definition) is 2. The number of aromatic nitrogens is 2.